The molecule has 2 N–H and O–H groups in total. The summed E-state index contributed by atoms with van der Waals surface area (Å²) in [6, 6.07) is 16.3. The number of H-pyrrole nitrogens is 1. The van der Waals surface area contributed by atoms with Crippen LogP contribution in [0.4, 0.5) is 0 Å². The lowest BCUT2D eigenvalue weighted by molar-refractivity contribution is -0.119. The van der Waals surface area contributed by atoms with E-state index in [-0.39, 0.29) is 24.4 Å². The van der Waals surface area contributed by atoms with Crippen LogP contribution in [0.2, 0.25) is 0 Å². The van der Waals surface area contributed by atoms with Crippen LogP contribution in [-0.4, -0.2) is 52.2 Å². The molecule has 1 unspecified atom stereocenters. The van der Waals surface area contributed by atoms with E-state index in [2.05, 4.69) is 37.5 Å². The third-order valence-corrected chi connectivity index (χ3v) is 5.12. The van der Waals surface area contributed by atoms with Crippen LogP contribution in [0.1, 0.15) is 18.9 Å². The van der Waals surface area contributed by atoms with Gasteiger partial charge in [0.1, 0.15) is 5.75 Å². The lowest BCUT2D eigenvalue weighted by atomic mass is 10.1. The molecule has 2 aromatic carbocycles. The SMILES string of the molecule is COc1ccc(-c2nc(-c3cccc(CN4CCC(NC(C)=O)C4)c3)n[nH]2)cc1.Cl. The van der Waals surface area contributed by atoms with Crippen LogP contribution in [0.25, 0.3) is 22.8 Å². The zero-order valence-electron chi connectivity index (χ0n) is 17.1. The average Bonchev–Trinajstić information content (AvgIpc) is 3.38. The normalized spacial score (nSPS) is 16.1. The van der Waals surface area contributed by atoms with E-state index in [0.717, 1.165) is 48.8 Å². The predicted octanol–water partition coefficient (Wildman–Crippen LogP) is 3.28. The fourth-order valence-corrected chi connectivity index (χ4v) is 3.72. The number of methoxy groups -OCH3 is 1. The van der Waals surface area contributed by atoms with Crippen molar-refractivity contribution in [1.82, 2.24) is 25.4 Å². The Balaban J connectivity index is 0.00000256. The number of carbonyl (C=O) groups excluding carboxylic acids is 1. The highest BCUT2D eigenvalue weighted by atomic mass is 35.5. The van der Waals surface area contributed by atoms with Gasteiger partial charge in [-0.3, -0.25) is 14.8 Å². The minimum absolute atomic E-state index is 0. The number of aromatic amines is 1. The van der Waals surface area contributed by atoms with E-state index in [4.69, 9.17) is 4.74 Å². The van der Waals surface area contributed by atoms with E-state index in [1.54, 1.807) is 14.0 Å². The molecular weight excluding hydrogens is 402 g/mol. The van der Waals surface area contributed by atoms with Crippen molar-refractivity contribution >= 4 is 18.3 Å². The minimum atomic E-state index is 0. The van der Waals surface area contributed by atoms with E-state index < -0.39 is 0 Å². The molecule has 7 nitrogen and oxygen atoms in total. The molecule has 1 atom stereocenters. The molecule has 3 aromatic rings. The largest absolute Gasteiger partial charge is 0.497 e. The van der Waals surface area contributed by atoms with Crippen molar-refractivity contribution in [3.8, 4) is 28.5 Å². The van der Waals surface area contributed by atoms with Gasteiger partial charge in [0.2, 0.25) is 5.91 Å². The summed E-state index contributed by atoms with van der Waals surface area (Å²) in [5.74, 6) is 2.25. The molecule has 0 bridgehead atoms. The number of hydrogen-bond acceptors (Lipinski definition) is 5. The van der Waals surface area contributed by atoms with Crippen LogP contribution in [0.5, 0.6) is 5.75 Å². The van der Waals surface area contributed by atoms with Gasteiger partial charge in [-0.15, -0.1) is 12.4 Å². The first-order valence-electron chi connectivity index (χ1n) is 9.76. The van der Waals surface area contributed by atoms with Crippen molar-refractivity contribution in [3.63, 3.8) is 0 Å². The number of ether oxygens (including phenoxy) is 1. The molecular formula is C22H26ClN5O2. The maximum absolute atomic E-state index is 11.3. The highest BCUT2D eigenvalue weighted by Gasteiger charge is 2.23. The monoisotopic (exact) mass is 427 g/mol. The van der Waals surface area contributed by atoms with Gasteiger partial charge in [-0.05, 0) is 42.3 Å². The number of hydrogen-bond donors (Lipinski definition) is 2. The quantitative estimate of drug-likeness (QED) is 0.630. The second kappa shape index (κ2) is 9.73. The van der Waals surface area contributed by atoms with Crippen molar-refractivity contribution < 1.29 is 9.53 Å². The van der Waals surface area contributed by atoms with Crippen LogP contribution in [0.15, 0.2) is 48.5 Å². The summed E-state index contributed by atoms with van der Waals surface area (Å²) in [6.07, 6.45) is 0.991. The van der Waals surface area contributed by atoms with E-state index in [0.29, 0.717) is 5.82 Å². The molecule has 158 valence electrons. The Labute approximate surface area is 182 Å². The van der Waals surface area contributed by atoms with Gasteiger partial charge < -0.3 is 10.1 Å². The molecule has 0 aliphatic carbocycles. The van der Waals surface area contributed by atoms with Gasteiger partial charge in [0.05, 0.1) is 7.11 Å². The number of rotatable bonds is 6. The molecule has 1 aromatic heterocycles. The number of nitrogens with one attached hydrogen (secondary N) is 2. The van der Waals surface area contributed by atoms with Gasteiger partial charge in [0.25, 0.3) is 0 Å². The van der Waals surface area contributed by atoms with Crippen LogP contribution in [0.3, 0.4) is 0 Å². The Kier molecular flexibility index (Phi) is 7.07. The molecule has 1 aliphatic heterocycles. The van der Waals surface area contributed by atoms with Crippen LogP contribution < -0.4 is 10.1 Å². The summed E-state index contributed by atoms with van der Waals surface area (Å²) in [5, 5.41) is 10.4. The van der Waals surface area contributed by atoms with E-state index >= 15 is 0 Å². The summed E-state index contributed by atoms with van der Waals surface area (Å²) in [6.45, 7) is 4.28. The third kappa shape index (κ3) is 5.17. The van der Waals surface area contributed by atoms with Crippen LogP contribution in [0, 0.1) is 0 Å². The van der Waals surface area contributed by atoms with Gasteiger partial charge >= 0.3 is 0 Å². The smallest absolute Gasteiger partial charge is 0.217 e. The fraction of sp³-hybridized carbons (Fsp3) is 0.318. The Morgan fingerprint density at radius 1 is 1.23 bits per heavy atom. The number of benzene rings is 2. The van der Waals surface area contributed by atoms with Gasteiger partial charge in [-0.2, -0.15) is 5.10 Å². The number of halogens is 1. The summed E-state index contributed by atoms with van der Waals surface area (Å²) in [4.78, 5) is 18.3. The van der Waals surface area contributed by atoms with E-state index in [1.807, 2.05) is 36.4 Å². The van der Waals surface area contributed by atoms with Crippen LogP contribution in [-0.2, 0) is 11.3 Å². The Bertz CT molecular complexity index is 989. The van der Waals surface area contributed by atoms with Gasteiger partial charge in [-0.1, -0.05) is 18.2 Å². The molecule has 0 spiro atoms. The van der Waals surface area contributed by atoms with Crippen LogP contribution >= 0.6 is 12.4 Å². The second-order valence-corrected chi connectivity index (χ2v) is 7.36. The maximum atomic E-state index is 11.3. The summed E-state index contributed by atoms with van der Waals surface area (Å²) in [7, 11) is 1.65. The first-order chi connectivity index (χ1) is 14.1. The second-order valence-electron chi connectivity index (χ2n) is 7.36. The molecule has 8 heteroatoms. The summed E-state index contributed by atoms with van der Waals surface area (Å²) >= 11 is 0. The first kappa shape index (κ1) is 21.8. The third-order valence-electron chi connectivity index (χ3n) is 5.12. The lowest BCUT2D eigenvalue weighted by Gasteiger charge is -2.16. The standard InChI is InChI=1S/C22H25N5O2.ClH/c1-15(28)23-19-10-11-27(14-19)13-16-4-3-5-18(12-16)22-24-21(25-26-22)17-6-8-20(29-2)9-7-17;/h3-9,12,19H,10-11,13-14H2,1-2H3,(H,23,28)(H,24,25,26);1H. The number of carbonyl (C=O) groups is 1. The zero-order chi connectivity index (χ0) is 20.2. The number of amides is 1. The molecule has 1 fully saturated rings. The van der Waals surface area contributed by atoms with E-state index in [9.17, 15) is 4.79 Å². The van der Waals surface area contributed by atoms with Crippen molar-refractivity contribution in [3.05, 3.63) is 54.1 Å². The number of nitrogens with zero attached hydrogens (tertiary/aromatic N) is 3. The molecule has 2 heterocycles. The first-order valence-corrected chi connectivity index (χ1v) is 9.76. The van der Waals surface area contributed by atoms with Gasteiger partial charge in [0, 0.05) is 43.7 Å². The Morgan fingerprint density at radius 3 is 2.77 bits per heavy atom. The average molecular weight is 428 g/mol. The van der Waals surface area contributed by atoms with Crippen molar-refractivity contribution in [2.24, 2.45) is 0 Å². The number of aromatic nitrogens is 3. The summed E-state index contributed by atoms with van der Waals surface area (Å²) < 4.78 is 5.20. The van der Waals surface area contributed by atoms with Crippen molar-refractivity contribution in [2.45, 2.75) is 25.9 Å². The maximum Gasteiger partial charge on any atom is 0.217 e. The number of likely N-dealkylation sites (tertiary alicyclic amines) is 1. The molecule has 1 amide bonds. The van der Waals surface area contributed by atoms with Crippen molar-refractivity contribution in [1.29, 1.82) is 0 Å². The minimum Gasteiger partial charge on any atom is -0.497 e. The molecule has 0 saturated carbocycles. The lowest BCUT2D eigenvalue weighted by Crippen LogP contribution is -2.35. The zero-order valence-corrected chi connectivity index (χ0v) is 17.9. The molecule has 1 saturated heterocycles. The van der Waals surface area contributed by atoms with Crippen molar-refractivity contribution in [2.75, 3.05) is 20.2 Å². The van der Waals surface area contributed by atoms with Gasteiger partial charge in [-0.25, -0.2) is 4.98 Å². The topological polar surface area (TPSA) is 83.1 Å². The summed E-state index contributed by atoms with van der Waals surface area (Å²) in [5.41, 5.74) is 3.15. The van der Waals surface area contributed by atoms with Gasteiger partial charge in [0.15, 0.2) is 11.6 Å². The molecule has 0 radical (unpaired) electrons. The molecule has 1 aliphatic rings. The Hall–Kier alpha value is -2.90. The fourth-order valence-electron chi connectivity index (χ4n) is 3.72. The molecule has 4 rings (SSSR count). The van der Waals surface area contributed by atoms with E-state index in [1.165, 1.54) is 5.56 Å². The highest BCUT2D eigenvalue weighted by molar-refractivity contribution is 5.85. The predicted molar refractivity (Wildman–Crippen MR) is 119 cm³/mol. The Morgan fingerprint density at radius 2 is 2.03 bits per heavy atom. The highest BCUT2D eigenvalue weighted by Crippen LogP contribution is 2.23. The molecule has 30 heavy (non-hydrogen) atoms.